The van der Waals surface area contributed by atoms with Gasteiger partial charge in [-0.2, -0.15) is 0 Å². The van der Waals surface area contributed by atoms with Crippen LogP contribution in [0.25, 0.3) is 0 Å². The van der Waals surface area contributed by atoms with Crippen molar-refractivity contribution >= 4 is 5.91 Å². The number of carbonyl (C=O) groups is 1. The van der Waals surface area contributed by atoms with Gasteiger partial charge in [-0.1, -0.05) is 33.6 Å². The third-order valence-corrected chi connectivity index (χ3v) is 4.25. The molecule has 0 aliphatic carbocycles. The lowest BCUT2D eigenvalue weighted by atomic mass is 9.90. The first-order chi connectivity index (χ1) is 8.56. The van der Waals surface area contributed by atoms with E-state index >= 15 is 0 Å². The fourth-order valence-electron chi connectivity index (χ4n) is 2.74. The second-order valence-electron chi connectivity index (χ2n) is 5.96. The first kappa shape index (κ1) is 15.5. The van der Waals surface area contributed by atoms with E-state index in [9.17, 15) is 4.79 Å². The zero-order valence-electron chi connectivity index (χ0n) is 12.5. The minimum absolute atomic E-state index is 0.0306. The Morgan fingerprint density at radius 2 is 2.11 bits per heavy atom. The number of rotatable bonds is 6. The summed E-state index contributed by atoms with van der Waals surface area (Å²) in [5, 5.41) is 6.50. The summed E-state index contributed by atoms with van der Waals surface area (Å²) in [6.07, 6.45) is 5.65. The van der Waals surface area contributed by atoms with Gasteiger partial charge in [0.1, 0.15) is 0 Å². The Bertz CT molecular complexity index is 255. The number of piperidine rings is 1. The summed E-state index contributed by atoms with van der Waals surface area (Å²) in [5.74, 6) is 1.60. The molecule has 0 saturated carbocycles. The molecule has 0 aromatic heterocycles. The average molecular weight is 254 g/mol. The van der Waals surface area contributed by atoms with Crippen molar-refractivity contribution in [1.29, 1.82) is 0 Å². The lowest BCUT2D eigenvalue weighted by Gasteiger charge is -2.30. The topological polar surface area (TPSA) is 41.1 Å². The van der Waals surface area contributed by atoms with Crippen LogP contribution in [-0.4, -0.2) is 24.5 Å². The van der Waals surface area contributed by atoms with Gasteiger partial charge >= 0.3 is 0 Å². The van der Waals surface area contributed by atoms with Crippen LogP contribution in [0.4, 0.5) is 0 Å². The quantitative estimate of drug-likeness (QED) is 0.765. The number of amides is 1. The first-order valence-electron chi connectivity index (χ1n) is 7.60. The SMILES string of the molecule is CCC(C)CC(C)NC(=O)C1CC(CC)CCN1. The molecule has 1 heterocycles. The summed E-state index contributed by atoms with van der Waals surface area (Å²) in [5.41, 5.74) is 0. The zero-order chi connectivity index (χ0) is 13.5. The highest BCUT2D eigenvalue weighted by Gasteiger charge is 2.26. The van der Waals surface area contributed by atoms with Gasteiger partial charge in [0.25, 0.3) is 0 Å². The number of hydrogen-bond donors (Lipinski definition) is 2. The van der Waals surface area contributed by atoms with E-state index in [0.717, 1.165) is 19.4 Å². The van der Waals surface area contributed by atoms with Crippen molar-refractivity contribution in [2.45, 2.75) is 71.9 Å². The summed E-state index contributed by atoms with van der Waals surface area (Å²) in [4.78, 5) is 12.2. The lowest BCUT2D eigenvalue weighted by molar-refractivity contribution is -0.124. The van der Waals surface area contributed by atoms with Crippen molar-refractivity contribution in [3.63, 3.8) is 0 Å². The minimum Gasteiger partial charge on any atom is -0.352 e. The molecule has 1 rings (SSSR count). The third kappa shape index (κ3) is 4.97. The van der Waals surface area contributed by atoms with Crippen LogP contribution >= 0.6 is 0 Å². The molecule has 1 aliphatic heterocycles. The van der Waals surface area contributed by atoms with Crippen LogP contribution in [-0.2, 0) is 4.79 Å². The first-order valence-corrected chi connectivity index (χ1v) is 7.60. The Labute approximate surface area is 112 Å². The maximum Gasteiger partial charge on any atom is 0.237 e. The smallest absolute Gasteiger partial charge is 0.237 e. The largest absolute Gasteiger partial charge is 0.352 e. The average Bonchev–Trinajstić information content (AvgIpc) is 2.38. The highest BCUT2D eigenvalue weighted by Crippen LogP contribution is 2.19. The van der Waals surface area contributed by atoms with Crippen molar-refractivity contribution in [2.24, 2.45) is 11.8 Å². The summed E-state index contributed by atoms with van der Waals surface area (Å²) in [6, 6.07) is 0.319. The summed E-state index contributed by atoms with van der Waals surface area (Å²) < 4.78 is 0. The van der Waals surface area contributed by atoms with Gasteiger partial charge < -0.3 is 10.6 Å². The van der Waals surface area contributed by atoms with E-state index in [1.807, 2.05) is 0 Å². The van der Waals surface area contributed by atoms with E-state index in [0.29, 0.717) is 11.8 Å². The molecular formula is C15H30N2O. The molecule has 0 radical (unpaired) electrons. The Balaban J connectivity index is 2.35. The van der Waals surface area contributed by atoms with Crippen LogP contribution in [0.5, 0.6) is 0 Å². The predicted molar refractivity (Wildman–Crippen MR) is 76.5 cm³/mol. The maximum atomic E-state index is 12.2. The Morgan fingerprint density at radius 1 is 1.39 bits per heavy atom. The molecular weight excluding hydrogens is 224 g/mol. The van der Waals surface area contributed by atoms with Crippen LogP contribution in [0.3, 0.4) is 0 Å². The molecule has 1 amide bonds. The molecule has 0 bridgehead atoms. The van der Waals surface area contributed by atoms with E-state index in [1.54, 1.807) is 0 Å². The summed E-state index contributed by atoms with van der Waals surface area (Å²) >= 11 is 0. The van der Waals surface area contributed by atoms with Crippen LogP contribution in [0.15, 0.2) is 0 Å². The van der Waals surface area contributed by atoms with Crippen molar-refractivity contribution in [3.8, 4) is 0 Å². The molecule has 3 nitrogen and oxygen atoms in total. The van der Waals surface area contributed by atoms with Crippen molar-refractivity contribution in [1.82, 2.24) is 10.6 Å². The van der Waals surface area contributed by atoms with Gasteiger partial charge in [0, 0.05) is 6.04 Å². The molecule has 1 saturated heterocycles. The Morgan fingerprint density at radius 3 is 2.72 bits per heavy atom. The Hall–Kier alpha value is -0.570. The second-order valence-corrected chi connectivity index (χ2v) is 5.96. The van der Waals surface area contributed by atoms with Gasteiger partial charge in [0.2, 0.25) is 5.91 Å². The highest BCUT2D eigenvalue weighted by molar-refractivity contribution is 5.82. The summed E-state index contributed by atoms with van der Waals surface area (Å²) in [7, 11) is 0. The van der Waals surface area contributed by atoms with E-state index in [2.05, 4.69) is 38.3 Å². The standard InChI is InChI=1S/C15H30N2O/c1-5-11(3)9-12(4)17-15(18)14-10-13(6-2)7-8-16-14/h11-14,16H,5-10H2,1-4H3,(H,17,18). The van der Waals surface area contributed by atoms with E-state index in [4.69, 9.17) is 0 Å². The molecule has 18 heavy (non-hydrogen) atoms. The van der Waals surface area contributed by atoms with Crippen molar-refractivity contribution < 1.29 is 4.79 Å². The number of nitrogens with one attached hydrogen (secondary N) is 2. The Kier molecular flexibility index (Phi) is 6.69. The van der Waals surface area contributed by atoms with Crippen LogP contribution in [0, 0.1) is 11.8 Å². The van der Waals surface area contributed by atoms with Gasteiger partial charge in [-0.25, -0.2) is 0 Å². The number of carbonyl (C=O) groups excluding carboxylic acids is 1. The highest BCUT2D eigenvalue weighted by atomic mass is 16.2. The monoisotopic (exact) mass is 254 g/mol. The second kappa shape index (κ2) is 7.78. The minimum atomic E-state index is 0.0306. The molecule has 0 aromatic rings. The molecule has 0 aromatic carbocycles. The molecule has 2 N–H and O–H groups in total. The fraction of sp³-hybridized carbons (Fsp3) is 0.933. The van der Waals surface area contributed by atoms with Crippen LogP contribution in [0.2, 0.25) is 0 Å². The molecule has 0 spiro atoms. The maximum absolute atomic E-state index is 12.2. The number of hydrogen-bond acceptors (Lipinski definition) is 2. The third-order valence-electron chi connectivity index (χ3n) is 4.25. The van der Waals surface area contributed by atoms with Gasteiger partial charge in [-0.05, 0) is 44.6 Å². The molecule has 4 unspecified atom stereocenters. The fourth-order valence-corrected chi connectivity index (χ4v) is 2.74. The predicted octanol–water partition coefficient (Wildman–Crippen LogP) is 2.71. The van der Waals surface area contributed by atoms with Gasteiger partial charge in [-0.3, -0.25) is 4.79 Å². The van der Waals surface area contributed by atoms with Crippen molar-refractivity contribution in [3.05, 3.63) is 0 Å². The lowest BCUT2D eigenvalue weighted by Crippen LogP contribution is -2.50. The zero-order valence-corrected chi connectivity index (χ0v) is 12.5. The van der Waals surface area contributed by atoms with Crippen molar-refractivity contribution in [2.75, 3.05) is 6.54 Å². The molecule has 4 atom stereocenters. The summed E-state index contributed by atoms with van der Waals surface area (Å²) in [6.45, 7) is 9.76. The van der Waals surface area contributed by atoms with E-state index in [-0.39, 0.29) is 18.0 Å². The molecule has 106 valence electrons. The molecule has 3 heteroatoms. The van der Waals surface area contributed by atoms with Gasteiger partial charge in [0.15, 0.2) is 0 Å². The molecule has 1 fully saturated rings. The van der Waals surface area contributed by atoms with Gasteiger partial charge in [-0.15, -0.1) is 0 Å². The molecule has 1 aliphatic rings. The normalized spacial score (nSPS) is 27.6. The van der Waals surface area contributed by atoms with E-state index < -0.39 is 0 Å². The van der Waals surface area contributed by atoms with E-state index in [1.165, 1.54) is 19.3 Å². The van der Waals surface area contributed by atoms with Crippen LogP contribution in [0.1, 0.15) is 59.8 Å². The van der Waals surface area contributed by atoms with Crippen LogP contribution < -0.4 is 10.6 Å². The van der Waals surface area contributed by atoms with Gasteiger partial charge in [0.05, 0.1) is 6.04 Å².